The summed E-state index contributed by atoms with van der Waals surface area (Å²) >= 11 is 11.8. The van der Waals surface area contributed by atoms with Crippen molar-refractivity contribution >= 4 is 28.9 Å². The van der Waals surface area contributed by atoms with Gasteiger partial charge in [0.2, 0.25) is 0 Å². The minimum Gasteiger partial charge on any atom is -0.399 e. The smallest absolute Gasteiger partial charge is 0.0595 e. The molecule has 2 rings (SSSR count). The van der Waals surface area contributed by atoms with Crippen LogP contribution >= 0.6 is 23.2 Å². The Morgan fingerprint density at radius 1 is 0.812 bits per heavy atom. The molecule has 0 aromatic heterocycles. The number of nitrogen functional groups attached to an aromatic ring is 1. The van der Waals surface area contributed by atoms with E-state index in [1.807, 2.05) is 42.5 Å². The van der Waals surface area contributed by atoms with Gasteiger partial charge in [0.1, 0.15) is 0 Å². The van der Waals surface area contributed by atoms with E-state index < -0.39 is 0 Å². The van der Waals surface area contributed by atoms with Crippen LogP contribution in [0.2, 0.25) is 10.0 Å². The molecule has 0 amide bonds. The lowest BCUT2D eigenvalue weighted by molar-refractivity contribution is 1.19. The SMILES string of the molecule is Nc1ccc(Cc2ccc(Cl)c(Cl)c2)cc1. The lowest BCUT2D eigenvalue weighted by Crippen LogP contribution is -1.90. The van der Waals surface area contributed by atoms with Gasteiger partial charge in [-0.3, -0.25) is 0 Å². The predicted molar refractivity (Wildman–Crippen MR) is 70.1 cm³/mol. The fraction of sp³-hybridized carbons (Fsp3) is 0.0769. The van der Waals surface area contributed by atoms with Crippen LogP contribution in [0.25, 0.3) is 0 Å². The van der Waals surface area contributed by atoms with Crippen molar-refractivity contribution in [2.75, 3.05) is 5.73 Å². The molecule has 3 heteroatoms. The molecule has 2 aromatic rings. The van der Waals surface area contributed by atoms with Crippen molar-refractivity contribution in [2.24, 2.45) is 0 Å². The molecule has 0 radical (unpaired) electrons. The van der Waals surface area contributed by atoms with Crippen LogP contribution in [0.1, 0.15) is 11.1 Å². The average molecular weight is 252 g/mol. The van der Waals surface area contributed by atoms with E-state index in [0.29, 0.717) is 10.0 Å². The van der Waals surface area contributed by atoms with E-state index in [9.17, 15) is 0 Å². The topological polar surface area (TPSA) is 26.0 Å². The van der Waals surface area contributed by atoms with Crippen LogP contribution in [0.5, 0.6) is 0 Å². The predicted octanol–water partition coefficient (Wildman–Crippen LogP) is 4.17. The maximum Gasteiger partial charge on any atom is 0.0595 e. The van der Waals surface area contributed by atoms with Gasteiger partial charge in [-0.2, -0.15) is 0 Å². The zero-order chi connectivity index (χ0) is 11.5. The second-order valence-corrected chi connectivity index (χ2v) is 4.48. The number of benzene rings is 2. The fourth-order valence-electron chi connectivity index (χ4n) is 1.52. The number of anilines is 1. The first-order chi connectivity index (χ1) is 7.65. The van der Waals surface area contributed by atoms with E-state index in [0.717, 1.165) is 17.7 Å². The summed E-state index contributed by atoms with van der Waals surface area (Å²) in [6.45, 7) is 0. The summed E-state index contributed by atoms with van der Waals surface area (Å²) < 4.78 is 0. The number of hydrogen-bond acceptors (Lipinski definition) is 1. The summed E-state index contributed by atoms with van der Waals surface area (Å²) in [6.07, 6.45) is 0.831. The molecule has 0 saturated heterocycles. The molecule has 0 atom stereocenters. The van der Waals surface area contributed by atoms with Gasteiger partial charge in [0.15, 0.2) is 0 Å². The maximum atomic E-state index is 5.95. The van der Waals surface area contributed by atoms with Crippen molar-refractivity contribution in [1.82, 2.24) is 0 Å². The first-order valence-corrected chi connectivity index (χ1v) is 5.69. The molecular formula is C13H11Cl2N. The first-order valence-electron chi connectivity index (χ1n) is 4.93. The van der Waals surface area contributed by atoms with Crippen LogP contribution in [0.3, 0.4) is 0 Å². The highest BCUT2D eigenvalue weighted by atomic mass is 35.5. The fourth-order valence-corrected chi connectivity index (χ4v) is 1.84. The zero-order valence-electron chi connectivity index (χ0n) is 8.58. The third kappa shape index (κ3) is 2.69. The Kier molecular flexibility index (Phi) is 3.37. The van der Waals surface area contributed by atoms with Gasteiger partial charge in [0.25, 0.3) is 0 Å². The molecule has 0 aliphatic heterocycles. The van der Waals surface area contributed by atoms with Gasteiger partial charge in [0.05, 0.1) is 10.0 Å². The molecular weight excluding hydrogens is 241 g/mol. The van der Waals surface area contributed by atoms with E-state index >= 15 is 0 Å². The number of hydrogen-bond donors (Lipinski definition) is 1. The van der Waals surface area contributed by atoms with Crippen LogP contribution in [-0.4, -0.2) is 0 Å². The first kappa shape index (κ1) is 11.3. The minimum atomic E-state index is 0.586. The third-order valence-corrected chi connectivity index (χ3v) is 3.11. The highest BCUT2D eigenvalue weighted by Gasteiger charge is 2.00. The Morgan fingerprint density at radius 2 is 1.44 bits per heavy atom. The van der Waals surface area contributed by atoms with Crippen molar-refractivity contribution in [3.8, 4) is 0 Å². The van der Waals surface area contributed by atoms with E-state index in [4.69, 9.17) is 28.9 Å². The monoisotopic (exact) mass is 251 g/mol. The van der Waals surface area contributed by atoms with Gasteiger partial charge in [-0.1, -0.05) is 41.4 Å². The van der Waals surface area contributed by atoms with Gasteiger partial charge in [0, 0.05) is 5.69 Å². The Hall–Kier alpha value is -1.18. The summed E-state index contributed by atoms with van der Waals surface area (Å²) in [5, 5.41) is 1.18. The normalized spacial score (nSPS) is 10.4. The van der Waals surface area contributed by atoms with Crippen molar-refractivity contribution in [2.45, 2.75) is 6.42 Å². The van der Waals surface area contributed by atoms with Crippen molar-refractivity contribution in [1.29, 1.82) is 0 Å². The molecule has 0 saturated carbocycles. The summed E-state index contributed by atoms with van der Waals surface area (Å²) in [4.78, 5) is 0. The van der Waals surface area contributed by atoms with E-state index in [-0.39, 0.29) is 0 Å². The zero-order valence-corrected chi connectivity index (χ0v) is 10.1. The minimum absolute atomic E-state index is 0.586. The molecule has 0 spiro atoms. The van der Waals surface area contributed by atoms with Crippen LogP contribution in [0.15, 0.2) is 42.5 Å². The third-order valence-electron chi connectivity index (χ3n) is 2.37. The highest BCUT2D eigenvalue weighted by Crippen LogP contribution is 2.24. The molecule has 2 aromatic carbocycles. The quantitative estimate of drug-likeness (QED) is 0.797. The van der Waals surface area contributed by atoms with E-state index in [2.05, 4.69) is 0 Å². The number of rotatable bonds is 2. The standard InChI is InChI=1S/C13H11Cl2N/c14-12-6-3-10(8-13(12)15)7-9-1-4-11(16)5-2-9/h1-6,8H,7,16H2. The number of halogens is 2. The van der Waals surface area contributed by atoms with E-state index in [1.54, 1.807) is 0 Å². The Labute approximate surface area is 105 Å². The molecule has 82 valence electrons. The largest absolute Gasteiger partial charge is 0.399 e. The Morgan fingerprint density at radius 3 is 2.06 bits per heavy atom. The van der Waals surface area contributed by atoms with Crippen molar-refractivity contribution < 1.29 is 0 Å². The lowest BCUT2D eigenvalue weighted by Gasteiger charge is -2.04. The molecule has 0 bridgehead atoms. The summed E-state index contributed by atoms with van der Waals surface area (Å²) in [7, 11) is 0. The lowest BCUT2D eigenvalue weighted by atomic mass is 10.0. The molecule has 0 unspecified atom stereocenters. The number of nitrogens with two attached hydrogens (primary N) is 1. The molecule has 0 heterocycles. The summed E-state index contributed by atoms with van der Waals surface area (Å²) in [5.74, 6) is 0. The summed E-state index contributed by atoms with van der Waals surface area (Å²) in [5.41, 5.74) is 8.74. The average Bonchev–Trinajstić information content (AvgIpc) is 2.27. The molecule has 16 heavy (non-hydrogen) atoms. The van der Waals surface area contributed by atoms with Gasteiger partial charge in [-0.25, -0.2) is 0 Å². The summed E-state index contributed by atoms with van der Waals surface area (Å²) in [6, 6.07) is 13.5. The van der Waals surface area contributed by atoms with Crippen molar-refractivity contribution in [3.05, 3.63) is 63.6 Å². The second-order valence-electron chi connectivity index (χ2n) is 3.67. The van der Waals surface area contributed by atoms with Crippen LogP contribution < -0.4 is 5.73 Å². The molecule has 1 nitrogen and oxygen atoms in total. The van der Waals surface area contributed by atoms with Crippen molar-refractivity contribution in [3.63, 3.8) is 0 Å². The second kappa shape index (κ2) is 4.77. The van der Waals surface area contributed by atoms with Crippen LogP contribution in [0, 0.1) is 0 Å². The van der Waals surface area contributed by atoms with Gasteiger partial charge in [-0.15, -0.1) is 0 Å². The molecule has 0 fully saturated rings. The van der Waals surface area contributed by atoms with Crippen LogP contribution in [0.4, 0.5) is 5.69 Å². The van der Waals surface area contributed by atoms with Gasteiger partial charge >= 0.3 is 0 Å². The van der Waals surface area contributed by atoms with Gasteiger partial charge < -0.3 is 5.73 Å². The highest BCUT2D eigenvalue weighted by molar-refractivity contribution is 6.42. The van der Waals surface area contributed by atoms with E-state index in [1.165, 1.54) is 5.56 Å². The molecule has 2 N–H and O–H groups in total. The molecule has 0 aliphatic rings. The van der Waals surface area contributed by atoms with Gasteiger partial charge in [-0.05, 0) is 41.8 Å². The van der Waals surface area contributed by atoms with Crippen LogP contribution in [-0.2, 0) is 6.42 Å². The Balaban J connectivity index is 2.20. The Bertz CT molecular complexity index is 492. The molecule has 0 aliphatic carbocycles. The maximum absolute atomic E-state index is 5.95.